The summed E-state index contributed by atoms with van der Waals surface area (Å²) in [6.07, 6.45) is 5.14. The van der Waals surface area contributed by atoms with E-state index in [1.54, 1.807) is 28.0 Å². The molecule has 3 aliphatic heterocycles. The van der Waals surface area contributed by atoms with Crippen molar-refractivity contribution < 1.29 is 29.0 Å². The SMILES string of the molecule is CC[C@H](C)[C@H](C(=O)N[C@@H](CC(C)C)C(=O)N1CC[C@@H]2Oc3ccc(O)c(c3)/C=C/NC(=O)[C@@H]3CCCN3C(=O)[C@H]21)N(C)C. The number of hydrogen-bond acceptors (Lipinski definition) is 7. The van der Waals surface area contributed by atoms with Crippen LogP contribution in [0.3, 0.4) is 0 Å². The Labute approximate surface area is 254 Å². The number of phenols is 1. The normalized spacial score (nSPS) is 25.0. The van der Waals surface area contributed by atoms with Gasteiger partial charge in [-0.3, -0.25) is 24.1 Å². The number of likely N-dealkylation sites (tertiary alicyclic amines) is 1. The molecule has 0 aromatic heterocycles. The summed E-state index contributed by atoms with van der Waals surface area (Å²) in [4.78, 5) is 60.2. The van der Waals surface area contributed by atoms with E-state index in [2.05, 4.69) is 10.6 Å². The predicted octanol–water partition coefficient (Wildman–Crippen LogP) is 2.34. The van der Waals surface area contributed by atoms with Gasteiger partial charge in [-0.2, -0.15) is 0 Å². The summed E-state index contributed by atoms with van der Waals surface area (Å²) in [5, 5.41) is 16.1. The lowest BCUT2D eigenvalue weighted by Crippen LogP contribution is -2.60. The van der Waals surface area contributed by atoms with Gasteiger partial charge in [0.15, 0.2) is 0 Å². The lowest BCUT2D eigenvalue weighted by molar-refractivity contribution is -0.150. The summed E-state index contributed by atoms with van der Waals surface area (Å²) in [6, 6.07) is 1.87. The lowest BCUT2D eigenvalue weighted by Gasteiger charge is -2.36. The highest BCUT2D eigenvalue weighted by molar-refractivity contribution is 5.96. The summed E-state index contributed by atoms with van der Waals surface area (Å²) >= 11 is 0. The van der Waals surface area contributed by atoms with E-state index in [0.29, 0.717) is 43.5 Å². The maximum absolute atomic E-state index is 14.3. The van der Waals surface area contributed by atoms with E-state index in [-0.39, 0.29) is 47.8 Å². The third-order valence-corrected chi connectivity index (χ3v) is 8.82. The standard InChI is InChI=1S/C32H47N5O6/c1-7-20(4)27(35(5)6)30(40)34-23(17-19(2)3)31(41)37-16-13-26-28(37)32(42)36-15-8-9-24(36)29(39)33-14-12-21-18-22(43-26)10-11-25(21)38/h10-12,14,18-20,23-24,26-28,38H,7-9,13,15-17H2,1-6H3,(H,33,39)(H,34,40)/b14-12+/t20-,23-,24-,26-,27+,28-/m0/s1. The molecule has 0 radical (unpaired) electrons. The highest BCUT2D eigenvalue weighted by atomic mass is 16.5. The molecule has 236 valence electrons. The van der Waals surface area contributed by atoms with Gasteiger partial charge in [0.1, 0.15) is 35.7 Å². The number of amides is 4. The van der Waals surface area contributed by atoms with Crippen molar-refractivity contribution in [2.45, 2.75) is 90.1 Å². The topological polar surface area (TPSA) is 132 Å². The number of nitrogens with zero attached hydrogens (tertiary/aromatic N) is 3. The van der Waals surface area contributed by atoms with Crippen LogP contribution in [0.2, 0.25) is 0 Å². The van der Waals surface area contributed by atoms with Crippen LogP contribution in [-0.4, -0.2) is 101 Å². The van der Waals surface area contributed by atoms with Crippen LogP contribution in [0.25, 0.3) is 6.08 Å². The number of likely N-dealkylation sites (N-methyl/N-ethyl adjacent to an activating group) is 1. The molecule has 1 aromatic rings. The van der Waals surface area contributed by atoms with Gasteiger partial charge in [-0.25, -0.2) is 0 Å². The maximum Gasteiger partial charge on any atom is 0.249 e. The zero-order valence-corrected chi connectivity index (χ0v) is 26.2. The Morgan fingerprint density at radius 3 is 2.58 bits per heavy atom. The van der Waals surface area contributed by atoms with Crippen molar-refractivity contribution in [3.05, 3.63) is 30.0 Å². The molecule has 11 nitrogen and oxygen atoms in total. The molecule has 4 rings (SSSR count). The first-order valence-electron chi connectivity index (χ1n) is 15.5. The average molecular weight is 598 g/mol. The van der Waals surface area contributed by atoms with Crippen molar-refractivity contribution in [2.75, 3.05) is 27.2 Å². The molecular formula is C32H47N5O6. The van der Waals surface area contributed by atoms with E-state index >= 15 is 0 Å². The Kier molecular flexibility index (Phi) is 10.4. The van der Waals surface area contributed by atoms with Gasteiger partial charge in [0.05, 0.1) is 6.04 Å². The van der Waals surface area contributed by atoms with E-state index in [4.69, 9.17) is 4.74 Å². The molecule has 0 saturated carbocycles. The van der Waals surface area contributed by atoms with Crippen molar-refractivity contribution in [1.82, 2.24) is 25.3 Å². The molecule has 0 unspecified atom stereocenters. The Bertz CT molecular complexity index is 1230. The Balaban J connectivity index is 1.69. The Morgan fingerprint density at radius 1 is 1.16 bits per heavy atom. The number of ether oxygens (including phenoxy) is 1. The quantitative estimate of drug-likeness (QED) is 0.419. The minimum atomic E-state index is -0.974. The minimum Gasteiger partial charge on any atom is -0.507 e. The molecule has 3 N–H and O–H groups in total. The third-order valence-electron chi connectivity index (χ3n) is 8.82. The van der Waals surface area contributed by atoms with Gasteiger partial charge in [0, 0.05) is 31.3 Å². The van der Waals surface area contributed by atoms with Crippen molar-refractivity contribution in [2.24, 2.45) is 11.8 Å². The Hall–Kier alpha value is -3.60. The van der Waals surface area contributed by atoms with Gasteiger partial charge >= 0.3 is 0 Å². The molecule has 6 atom stereocenters. The number of rotatable bonds is 8. The first-order chi connectivity index (χ1) is 20.4. The van der Waals surface area contributed by atoms with E-state index in [1.165, 1.54) is 12.3 Å². The van der Waals surface area contributed by atoms with Gasteiger partial charge in [-0.15, -0.1) is 0 Å². The van der Waals surface area contributed by atoms with Crippen molar-refractivity contribution in [3.63, 3.8) is 0 Å². The third kappa shape index (κ3) is 7.14. The molecule has 4 amide bonds. The van der Waals surface area contributed by atoms with E-state index < -0.39 is 30.3 Å². The summed E-state index contributed by atoms with van der Waals surface area (Å²) in [7, 11) is 3.72. The number of nitrogens with one attached hydrogen (secondary N) is 2. The summed E-state index contributed by atoms with van der Waals surface area (Å²) < 4.78 is 6.35. The zero-order chi connectivity index (χ0) is 31.4. The summed E-state index contributed by atoms with van der Waals surface area (Å²) in [5.41, 5.74) is 0.450. The number of carbonyl (C=O) groups excluding carboxylic acids is 4. The molecule has 3 heterocycles. The van der Waals surface area contributed by atoms with Crippen LogP contribution in [0, 0.1) is 11.8 Å². The molecule has 0 aliphatic carbocycles. The smallest absolute Gasteiger partial charge is 0.249 e. The van der Waals surface area contributed by atoms with Crippen LogP contribution in [0.1, 0.15) is 65.4 Å². The fourth-order valence-electron chi connectivity index (χ4n) is 6.50. The zero-order valence-electron chi connectivity index (χ0n) is 26.2. The van der Waals surface area contributed by atoms with E-state index in [0.717, 1.165) is 6.42 Å². The fraction of sp³-hybridized carbons (Fsp3) is 0.625. The van der Waals surface area contributed by atoms with Crippen LogP contribution in [0.15, 0.2) is 24.4 Å². The number of benzene rings is 1. The molecule has 43 heavy (non-hydrogen) atoms. The molecule has 2 bridgehead atoms. The lowest BCUT2D eigenvalue weighted by atomic mass is 9.96. The van der Waals surface area contributed by atoms with Gasteiger partial charge in [0.25, 0.3) is 0 Å². The summed E-state index contributed by atoms with van der Waals surface area (Å²) in [5.74, 6) is -0.562. The molecule has 1 aromatic carbocycles. The molecule has 0 spiro atoms. The van der Waals surface area contributed by atoms with Gasteiger partial charge in [-0.1, -0.05) is 34.1 Å². The fourth-order valence-corrected chi connectivity index (χ4v) is 6.50. The predicted molar refractivity (Wildman–Crippen MR) is 163 cm³/mol. The number of fused-ring (bicyclic) bond motifs is 4. The van der Waals surface area contributed by atoms with Crippen LogP contribution in [-0.2, 0) is 19.2 Å². The second-order valence-corrected chi connectivity index (χ2v) is 12.7. The number of carbonyl (C=O) groups is 4. The van der Waals surface area contributed by atoms with E-state index in [9.17, 15) is 24.3 Å². The average Bonchev–Trinajstić information content (AvgIpc) is 3.60. The molecule has 2 saturated heterocycles. The molecule has 2 fully saturated rings. The molecular weight excluding hydrogens is 550 g/mol. The highest BCUT2D eigenvalue weighted by Gasteiger charge is 2.49. The second kappa shape index (κ2) is 13.8. The number of phenolic OH excluding ortho intramolecular Hbond substituents is 1. The van der Waals surface area contributed by atoms with Crippen molar-refractivity contribution in [3.8, 4) is 11.5 Å². The monoisotopic (exact) mass is 597 g/mol. The maximum atomic E-state index is 14.3. The largest absolute Gasteiger partial charge is 0.507 e. The van der Waals surface area contributed by atoms with Crippen LogP contribution < -0.4 is 15.4 Å². The van der Waals surface area contributed by atoms with Gasteiger partial charge in [0.2, 0.25) is 23.6 Å². The number of hydrogen-bond donors (Lipinski definition) is 3. The van der Waals surface area contributed by atoms with Crippen LogP contribution in [0.5, 0.6) is 11.5 Å². The van der Waals surface area contributed by atoms with Crippen LogP contribution in [0.4, 0.5) is 0 Å². The highest BCUT2D eigenvalue weighted by Crippen LogP contribution is 2.32. The van der Waals surface area contributed by atoms with Gasteiger partial charge in [-0.05, 0) is 69.5 Å². The first-order valence-corrected chi connectivity index (χ1v) is 15.5. The van der Waals surface area contributed by atoms with Gasteiger partial charge < -0.3 is 30.3 Å². The molecule has 11 heteroatoms. The second-order valence-electron chi connectivity index (χ2n) is 12.7. The minimum absolute atomic E-state index is 0.0201. The Morgan fingerprint density at radius 2 is 1.91 bits per heavy atom. The van der Waals surface area contributed by atoms with Crippen molar-refractivity contribution >= 4 is 29.7 Å². The number of aromatic hydroxyl groups is 1. The van der Waals surface area contributed by atoms with E-state index in [1.807, 2.05) is 46.7 Å². The van der Waals surface area contributed by atoms with Crippen molar-refractivity contribution in [1.29, 1.82) is 0 Å². The first kappa shape index (κ1) is 32.3. The molecule has 3 aliphatic rings. The summed E-state index contributed by atoms with van der Waals surface area (Å²) in [6.45, 7) is 8.70. The van der Waals surface area contributed by atoms with Crippen LogP contribution >= 0.6 is 0 Å².